The second kappa shape index (κ2) is 15.5. The maximum atomic E-state index is 11.8. The van der Waals surface area contributed by atoms with Gasteiger partial charge in [-0.05, 0) is 104 Å². The Hall–Kier alpha value is -0.600. The molecule has 15 nitrogen and oxygen atoms in total. The summed E-state index contributed by atoms with van der Waals surface area (Å²) in [6.07, 6.45) is -9.19. The Morgan fingerprint density at radius 2 is 1.61 bits per heavy atom. The molecule has 0 aromatic heterocycles. The summed E-state index contributed by atoms with van der Waals surface area (Å²) in [6.45, 7) is 8.22. The van der Waals surface area contributed by atoms with E-state index in [0.717, 1.165) is 38.5 Å². The van der Waals surface area contributed by atoms with E-state index < -0.39 is 92.6 Å². The fourth-order valence-corrected chi connectivity index (χ4v) is 12.8. The van der Waals surface area contributed by atoms with Crippen LogP contribution in [0.3, 0.4) is 0 Å². The van der Waals surface area contributed by atoms with Crippen LogP contribution in [0.1, 0.15) is 85.5 Å². The summed E-state index contributed by atoms with van der Waals surface area (Å²) in [7, 11) is 0. The first-order valence-corrected chi connectivity index (χ1v) is 20.5. The Kier molecular flexibility index (Phi) is 12.0. The molecule has 0 bridgehead atoms. The van der Waals surface area contributed by atoms with Crippen LogP contribution in [0.25, 0.3) is 0 Å². The van der Waals surface area contributed by atoms with Gasteiger partial charge in [0.05, 0.1) is 31.5 Å². The third-order valence-corrected chi connectivity index (χ3v) is 16.0. The van der Waals surface area contributed by atoms with Crippen LogP contribution in [0.15, 0.2) is 0 Å². The number of hydrogen-bond donors (Lipinski definition) is 10. The van der Waals surface area contributed by atoms with Gasteiger partial charge in [-0.1, -0.05) is 27.7 Å². The van der Waals surface area contributed by atoms with Crippen molar-refractivity contribution >= 4 is 0 Å². The molecule has 3 aliphatic heterocycles. The zero-order valence-corrected chi connectivity index (χ0v) is 32.2. The van der Waals surface area contributed by atoms with Crippen molar-refractivity contribution in [1.82, 2.24) is 0 Å². The van der Waals surface area contributed by atoms with E-state index in [1.165, 1.54) is 0 Å². The van der Waals surface area contributed by atoms with Gasteiger partial charge in [-0.2, -0.15) is 0 Å². The van der Waals surface area contributed by atoms with E-state index in [4.69, 9.17) is 29.4 Å². The van der Waals surface area contributed by atoms with E-state index >= 15 is 0 Å². The van der Waals surface area contributed by atoms with Crippen LogP contribution in [0.5, 0.6) is 0 Å². The maximum Gasteiger partial charge on any atom is 0.187 e. The average Bonchev–Trinajstić information content (AvgIpc) is 3.71. The molecule has 0 radical (unpaired) electrons. The highest BCUT2D eigenvalue weighted by atomic mass is 16.8. The summed E-state index contributed by atoms with van der Waals surface area (Å²) >= 11 is 0. The number of rotatable bonds is 11. The summed E-state index contributed by atoms with van der Waals surface area (Å²) in [5.74, 6) is 1.11. The molecule has 23 atom stereocenters. The molecule has 7 fully saturated rings. The molecule has 11 unspecified atom stereocenters. The second-order valence-electron chi connectivity index (χ2n) is 18.8. The zero-order chi connectivity index (χ0) is 39.1. The van der Waals surface area contributed by atoms with Gasteiger partial charge >= 0.3 is 0 Å². The van der Waals surface area contributed by atoms with Crippen molar-refractivity contribution in [1.29, 1.82) is 0 Å². The summed E-state index contributed by atoms with van der Waals surface area (Å²) in [6, 6.07) is 0. The first kappa shape index (κ1) is 41.6. The molecular formula is C39H67NO14. The van der Waals surface area contributed by atoms with Gasteiger partial charge in [0.2, 0.25) is 0 Å². The van der Waals surface area contributed by atoms with Gasteiger partial charge in [0.25, 0.3) is 0 Å². The normalized spacial score (nSPS) is 55.4. The topological polar surface area (TPSA) is 254 Å². The van der Waals surface area contributed by atoms with E-state index in [0.29, 0.717) is 49.5 Å². The molecule has 0 aromatic carbocycles. The van der Waals surface area contributed by atoms with E-state index in [2.05, 4.69) is 27.7 Å². The maximum absolute atomic E-state index is 11.8. The van der Waals surface area contributed by atoms with Gasteiger partial charge in [-0.3, -0.25) is 0 Å². The molecule has 0 aromatic rings. The summed E-state index contributed by atoms with van der Waals surface area (Å²) in [5, 5.41) is 95.7. The SMILES string of the molecule is CC1C2C(CC3C4CCC5C[C@@H](O[C@@H]6O[C@@H](C(O)CO)[C@H](O)[C@H]6O[C@@H]6O[C@H](CO)[C@@H](O)[C@H](O)[C@H]6O)[C@@H](O)CC5(C)C4CCC32C)OC1(O)CC[C@H](C)CN. The summed E-state index contributed by atoms with van der Waals surface area (Å²) in [5.41, 5.74) is 5.79. The van der Waals surface area contributed by atoms with Crippen LogP contribution >= 0.6 is 0 Å². The fraction of sp³-hybridized carbons (Fsp3) is 1.00. The average molecular weight is 774 g/mol. The molecule has 3 heterocycles. The van der Waals surface area contributed by atoms with Gasteiger partial charge in [-0.15, -0.1) is 0 Å². The van der Waals surface area contributed by atoms with Crippen LogP contribution in [0.4, 0.5) is 0 Å². The third-order valence-electron chi connectivity index (χ3n) is 16.0. The van der Waals surface area contributed by atoms with Crippen molar-refractivity contribution in [3.8, 4) is 0 Å². The molecule has 15 heteroatoms. The predicted octanol–water partition coefficient (Wildman–Crippen LogP) is -0.666. The number of aliphatic hydroxyl groups excluding tert-OH is 8. The lowest BCUT2D eigenvalue weighted by molar-refractivity contribution is -0.331. The Bertz CT molecular complexity index is 1300. The first-order chi connectivity index (χ1) is 25.5. The molecule has 3 saturated heterocycles. The van der Waals surface area contributed by atoms with E-state index in [1.54, 1.807) is 0 Å². The van der Waals surface area contributed by atoms with Crippen molar-refractivity contribution in [2.24, 2.45) is 58.0 Å². The van der Waals surface area contributed by atoms with Crippen LogP contribution in [0, 0.1) is 52.3 Å². The number of nitrogens with two attached hydrogens (primary N) is 1. The standard InChI is InChI=1S/C39H67NO14/c1-17(14-40)7-10-39(49)18(2)28-26(54-39)12-22-20-6-5-19-11-25(23(43)13-38(19,4)21(20)8-9-37(22,28)3)50-36-34(32(48)33(52-36)24(44)15-41)53-35-31(47)30(46)29(45)27(16-42)51-35/h17-36,41-49H,5-16,40H2,1-4H3/t17-,18?,19?,20?,21?,22?,23-,24?,25+,26?,27+,28?,29+,30-,31+,32-,33-,34+,35-,36+,37?,38?,39?/m0/s1. The highest BCUT2D eigenvalue weighted by molar-refractivity contribution is 5.15. The quantitative estimate of drug-likeness (QED) is 0.125. The van der Waals surface area contributed by atoms with Crippen molar-refractivity contribution in [2.45, 2.75) is 171 Å². The van der Waals surface area contributed by atoms with Crippen LogP contribution in [-0.2, 0) is 23.7 Å². The lowest BCUT2D eigenvalue weighted by atomic mass is 9.44. The van der Waals surface area contributed by atoms with Crippen molar-refractivity contribution in [2.75, 3.05) is 19.8 Å². The van der Waals surface area contributed by atoms with Crippen LogP contribution in [-0.4, -0.2) is 151 Å². The Labute approximate surface area is 318 Å². The monoisotopic (exact) mass is 773 g/mol. The molecule has 54 heavy (non-hydrogen) atoms. The number of ether oxygens (including phenoxy) is 5. The third kappa shape index (κ3) is 6.82. The van der Waals surface area contributed by atoms with Gasteiger partial charge in [0.15, 0.2) is 18.4 Å². The van der Waals surface area contributed by atoms with E-state index in [9.17, 15) is 46.0 Å². The van der Waals surface area contributed by atoms with E-state index in [-0.39, 0.29) is 34.7 Å². The summed E-state index contributed by atoms with van der Waals surface area (Å²) in [4.78, 5) is 0. The second-order valence-corrected chi connectivity index (χ2v) is 18.8. The van der Waals surface area contributed by atoms with Crippen LogP contribution < -0.4 is 5.73 Å². The molecule has 0 amide bonds. The van der Waals surface area contributed by atoms with Crippen molar-refractivity contribution < 1.29 is 69.6 Å². The molecule has 7 aliphatic rings. The van der Waals surface area contributed by atoms with Gasteiger partial charge in [-0.25, -0.2) is 0 Å². The van der Waals surface area contributed by atoms with Gasteiger partial charge < -0.3 is 75.4 Å². The summed E-state index contributed by atoms with van der Waals surface area (Å²) < 4.78 is 30.3. The molecule has 7 rings (SSSR count). The molecular weight excluding hydrogens is 706 g/mol. The lowest BCUT2D eigenvalue weighted by Gasteiger charge is -2.62. The number of hydrogen-bond acceptors (Lipinski definition) is 15. The van der Waals surface area contributed by atoms with Gasteiger partial charge in [0, 0.05) is 12.3 Å². The number of aliphatic hydroxyl groups is 9. The smallest absolute Gasteiger partial charge is 0.187 e. The molecule has 312 valence electrons. The van der Waals surface area contributed by atoms with Gasteiger partial charge in [0.1, 0.15) is 48.8 Å². The Morgan fingerprint density at radius 3 is 2.30 bits per heavy atom. The fourth-order valence-electron chi connectivity index (χ4n) is 12.8. The number of fused-ring (bicyclic) bond motifs is 7. The largest absolute Gasteiger partial charge is 0.394 e. The molecule has 0 spiro atoms. The molecule has 4 saturated carbocycles. The molecule has 4 aliphatic carbocycles. The minimum atomic E-state index is -1.75. The van der Waals surface area contributed by atoms with Crippen LogP contribution in [0.2, 0.25) is 0 Å². The van der Waals surface area contributed by atoms with Crippen molar-refractivity contribution in [3.05, 3.63) is 0 Å². The minimum Gasteiger partial charge on any atom is -0.394 e. The van der Waals surface area contributed by atoms with E-state index in [1.807, 2.05) is 0 Å². The molecule has 11 N–H and O–H groups in total. The Morgan fingerprint density at radius 1 is 0.870 bits per heavy atom. The highest BCUT2D eigenvalue weighted by Gasteiger charge is 2.69. The lowest BCUT2D eigenvalue weighted by Crippen LogP contribution is -2.61. The first-order valence-electron chi connectivity index (χ1n) is 20.5. The Balaban J connectivity index is 1.03. The predicted molar refractivity (Wildman–Crippen MR) is 190 cm³/mol. The minimum absolute atomic E-state index is 0.0280. The zero-order valence-electron chi connectivity index (χ0n) is 32.2. The van der Waals surface area contributed by atoms with Crippen molar-refractivity contribution in [3.63, 3.8) is 0 Å². The highest BCUT2D eigenvalue weighted by Crippen LogP contribution is 2.71.